The number of aromatic carboxylic acids is 1. The number of carbonyl (C=O) groups is 1. The summed E-state index contributed by atoms with van der Waals surface area (Å²) < 4.78 is 5.44. The van der Waals surface area contributed by atoms with Gasteiger partial charge in [0, 0.05) is 11.2 Å². The van der Waals surface area contributed by atoms with Crippen LogP contribution in [-0.4, -0.2) is 16.1 Å². The maximum absolute atomic E-state index is 11.0. The number of hydrogen-bond acceptors (Lipinski definition) is 3. The lowest BCUT2D eigenvalue weighted by Gasteiger charge is -2.08. The smallest absolute Gasteiger partial charge is 0.339 e. The molecule has 0 radical (unpaired) electrons. The summed E-state index contributed by atoms with van der Waals surface area (Å²) in [5.74, 6) is -0.800. The van der Waals surface area contributed by atoms with Crippen molar-refractivity contribution in [2.24, 2.45) is 0 Å². The van der Waals surface area contributed by atoms with Crippen LogP contribution in [0.3, 0.4) is 0 Å². The summed E-state index contributed by atoms with van der Waals surface area (Å²) in [4.78, 5) is 15.1. The van der Waals surface area contributed by atoms with Crippen molar-refractivity contribution in [3.8, 4) is 5.75 Å². The van der Waals surface area contributed by atoms with E-state index in [1.165, 1.54) is 12.1 Å². The van der Waals surface area contributed by atoms with Crippen molar-refractivity contribution in [3.05, 3.63) is 58.9 Å². The highest BCUT2D eigenvalue weighted by Gasteiger charge is 2.12. The summed E-state index contributed by atoms with van der Waals surface area (Å²) in [6.07, 6.45) is 1.65. The third-order valence-electron chi connectivity index (χ3n) is 2.27. The van der Waals surface area contributed by atoms with Crippen molar-refractivity contribution in [1.82, 2.24) is 4.98 Å². The Labute approximate surface area is 109 Å². The molecule has 1 N–H and O–H groups in total. The van der Waals surface area contributed by atoms with Gasteiger partial charge in [-0.05, 0) is 30.3 Å². The fraction of sp³-hybridized carbons (Fsp3) is 0.0769. The Bertz CT molecular complexity index is 557. The molecule has 0 fully saturated rings. The quantitative estimate of drug-likeness (QED) is 0.921. The zero-order chi connectivity index (χ0) is 13.0. The summed E-state index contributed by atoms with van der Waals surface area (Å²) in [5, 5.41) is 9.39. The first kappa shape index (κ1) is 12.4. The van der Waals surface area contributed by atoms with E-state index in [4.69, 9.17) is 21.4 Å². The van der Waals surface area contributed by atoms with E-state index >= 15 is 0 Å². The Kier molecular flexibility index (Phi) is 3.79. The van der Waals surface area contributed by atoms with Gasteiger partial charge in [0.25, 0.3) is 0 Å². The van der Waals surface area contributed by atoms with Crippen LogP contribution in [0, 0.1) is 0 Å². The largest absolute Gasteiger partial charge is 0.486 e. The maximum atomic E-state index is 11.0. The lowest BCUT2D eigenvalue weighted by Crippen LogP contribution is -2.04. The number of hydrogen-bond donors (Lipinski definition) is 1. The lowest BCUT2D eigenvalue weighted by atomic mass is 10.2. The molecule has 5 heteroatoms. The van der Waals surface area contributed by atoms with Crippen molar-refractivity contribution >= 4 is 17.6 Å². The average Bonchev–Trinajstić information content (AvgIpc) is 2.38. The topological polar surface area (TPSA) is 59.4 Å². The van der Waals surface area contributed by atoms with Crippen LogP contribution in [0.4, 0.5) is 0 Å². The van der Waals surface area contributed by atoms with Crippen molar-refractivity contribution < 1.29 is 14.6 Å². The summed E-state index contributed by atoms with van der Waals surface area (Å²) >= 11 is 5.75. The molecule has 1 aromatic heterocycles. The third kappa shape index (κ3) is 2.99. The molecule has 92 valence electrons. The van der Waals surface area contributed by atoms with Crippen LogP contribution in [0.1, 0.15) is 16.1 Å². The van der Waals surface area contributed by atoms with Crippen LogP contribution in [0.15, 0.2) is 42.6 Å². The number of carboxylic acid groups (broad SMARTS) is 1. The highest BCUT2D eigenvalue weighted by atomic mass is 35.5. The van der Waals surface area contributed by atoms with Gasteiger partial charge < -0.3 is 9.84 Å². The summed E-state index contributed by atoms with van der Waals surface area (Å²) in [5.41, 5.74) is 0.766. The molecular formula is C13H10ClNO3. The Hall–Kier alpha value is -2.07. The van der Waals surface area contributed by atoms with Gasteiger partial charge >= 0.3 is 5.97 Å². The number of benzene rings is 1. The number of pyridine rings is 1. The molecule has 0 aliphatic rings. The summed E-state index contributed by atoms with van der Waals surface area (Å²) in [6, 6.07) is 9.92. The number of nitrogens with zero attached hydrogens (tertiary/aromatic N) is 1. The van der Waals surface area contributed by atoms with Crippen LogP contribution >= 0.6 is 11.6 Å². The molecule has 0 saturated heterocycles. The van der Waals surface area contributed by atoms with E-state index in [-0.39, 0.29) is 17.9 Å². The van der Waals surface area contributed by atoms with Gasteiger partial charge in [-0.15, -0.1) is 0 Å². The zero-order valence-electron chi connectivity index (χ0n) is 9.34. The highest BCUT2D eigenvalue weighted by Crippen LogP contribution is 2.23. The molecular weight excluding hydrogens is 254 g/mol. The van der Waals surface area contributed by atoms with Gasteiger partial charge in [-0.1, -0.05) is 17.7 Å². The molecule has 1 heterocycles. The molecule has 0 unspecified atom stereocenters. The molecule has 0 aliphatic carbocycles. The molecule has 0 bridgehead atoms. The van der Waals surface area contributed by atoms with Gasteiger partial charge in [0.1, 0.15) is 17.9 Å². The molecule has 1 aromatic carbocycles. The number of rotatable bonds is 4. The SMILES string of the molecule is O=C(O)c1cc(Cl)ccc1OCc1ccccn1. The maximum Gasteiger partial charge on any atom is 0.339 e. The molecule has 2 rings (SSSR count). The number of halogens is 1. The number of carboxylic acids is 1. The van der Waals surface area contributed by atoms with Gasteiger partial charge in [0.15, 0.2) is 0 Å². The van der Waals surface area contributed by atoms with Gasteiger partial charge in [-0.25, -0.2) is 4.79 Å². The molecule has 0 saturated carbocycles. The van der Waals surface area contributed by atoms with Crippen LogP contribution in [0.25, 0.3) is 0 Å². The standard InChI is InChI=1S/C13H10ClNO3/c14-9-4-5-12(11(7-9)13(16)17)18-8-10-3-1-2-6-15-10/h1-7H,8H2,(H,16,17). The van der Waals surface area contributed by atoms with E-state index in [0.29, 0.717) is 5.02 Å². The number of ether oxygens (including phenoxy) is 1. The molecule has 18 heavy (non-hydrogen) atoms. The van der Waals surface area contributed by atoms with Crippen LogP contribution in [0.2, 0.25) is 5.02 Å². The summed E-state index contributed by atoms with van der Waals surface area (Å²) in [6.45, 7) is 0.211. The van der Waals surface area contributed by atoms with E-state index in [1.807, 2.05) is 6.07 Å². The second kappa shape index (κ2) is 5.51. The molecule has 2 aromatic rings. The van der Waals surface area contributed by atoms with Crippen molar-refractivity contribution in [2.45, 2.75) is 6.61 Å². The Morgan fingerprint density at radius 3 is 2.83 bits per heavy atom. The highest BCUT2D eigenvalue weighted by molar-refractivity contribution is 6.31. The van der Waals surface area contributed by atoms with Gasteiger partial charge in [0.05, 0.1) is 5.69 Å². The van der Waals surface area contributed by atoms with Gasteiger partial charge in [-0.2, -0.15) is 0 Å². The molecule has 4 nitrogen and oxygen atoms in total. The van der Waals surface area contributed by atoms with E-state index < -0.39 is 5.97 Å². The zero-order valence-corrected chi connectivity index (χ0v) is 10.1. The Morgan fingerprint density at radius 2 is 2.17 bits per heavy atom. The average molecular weight is 264 g/mol. The first-order valence-electron chi connectivity index (χ1n) is 5.22. The predicted molar refractivity (Wildman–Crippen MR) is 67.0 cm³/mol. The second-order valence-corrected chi connectivity index (χ2v) is 3.99. The first-order valence-corrected chi connectivity index (χ1v) is 5.60. The monoisotopic (exact) mass is 263 g/mol. The van der Waals surface area contributed by atoms with E-state index in [9.17, 15) is 4.79 Å². The number of aromatic nitrogens is 1. The minimum atomic E-state index is -1.08. The normalized spacial score (nSPS) is 10.1. The fourth-order valence-electron chi connectivity index (χ4n) is 1.43. The van der Waals surface area contributed by atoms with Crippen molar-refractivity contribution in [2.75, 3.05) is 0 Å². The minimum Gasteiger partial charge on any atom is -0.486 e. The Morgan fingerprint density at radius 1 is 1.33 bits per heavy atom. The van der Waals surface area contributed by atoms with E-state index in [2.05, 4.69) is 4.98 Å². The van der Waals surface area contributed by atoms with Crippen molar-refractivity contribution in [1.29, 1.82) is 0 Å². The van der Waals surface area contributed by atoms with Gasteiger partial charge in [-0.3, -0.25) is 4.98 Å². The van der Waals surface area contributed by atoms with Crippen LogP contribution in [0.5, 0.6) is 5.75 Å². The van der Waals surface area contributed by atoms with Crippen LogP contribution in [-0.2, 0) is 6.61 Å². The van der Waals surface area contributed by atoms with Gasteiger partial charge in [0.2, 0.25) is 0 Å². The minimum absolute atomic E-state index is 0.0402. The lowest BCUT2D eigenvalue weighted by molar-refractivity contribution is 0.0691. The molecule has 0 amide bonds. The molecule has 0 spiro atoms. The van der Waals surface area contributed by atoms with E-state index in [1.54, 1.807) is 24.4 Å². The second-order valence-electron chi connectivity index (χ2n) is 3.56. The molecule has 0 atom stereocenters. The predicted octanol–water partition coefficient (Wildman–Crippen LogP) is 3.01. The first-order chi connectivity index (χ1) is 8.66. The summed E-state index contributed by atoms with van der Waals surface area (Å²) in [7, 11) is 0. The molecule has 0 aliphatic heterocycles. The van der Waals surface area contributed by atoms with E-state index in [0.717, 1.165) is 5.69 Å². The third-order valence-corrected chi connectivity index (χ3v) is 2.51. The van der Waals surface area contributed by atoms with Crippen molar-refractivity contribution in [3.63, 3.8) is 0 Å². The fourth-order valence-corrected chi connectivity index (χ4v) is 1.60. The Balaban J connectivity index is 2.17. The van der Waals surface area contributed by atoms with Crippen LogP contribution < -0.4 is 4.74 Å².